The van der Waals surface area contributed by atoms with E-state index in [-0.39, 0.29) is 0 Å². The van der Waals surface area contributed by atoms with Gasteiger partial charge in [-0.15, -0.1) is 0 Å². The maximum absolute atomic E-state index is 13.6. The van der Waals surface area contributed by atoms with E-state index in [4.69, 9.17) is 0 Å². The SMILES string of the molecule is CC(=O)[C@](C)(F)c1ccccc1. The van der Waals surface area contributed by atoms with Gasteiger partial charge in [-0.05, 0) is 19.4 Å². The Morgan fingerprint density at radius 1 is 1.33 bits per heavy atom. The van der Waals surface area contributed by atoms with E-state index in [0.29, 0.717) is 5.56 Å². The molecule has 0 radical (unpaired) electrons. The molecule has 0 aromatic heterocycles. The van der Waals surface area contributed by atoms with Crippen molar-refractivity contribution in [3.8, 4) is 0 Å². The minimum Gasteiger partial charge on any atom is -0.296 e. The summed E-state index contributed by atoms with van der Waals surface area (Å²) in [5.41, 5.74) is -1.43. The quantitative estimate of drug-likeness (QED) is 0.659. The average Bonchev–Trinajstić information content (AvgIpc) is 2.06. The van der Waals surface area contributed by atoms with E-state index in [9.17, 15) is 9.18 Å². The highest BCUT2D eigenvalue weighted by atomic mass is 19.1. The van der Waals surface area contributed by atoms with Crippen LogP contribution in [0, 0.1) is 0 Å². The maximum atomic E-state index is 13.6. The number of carbonyl (C=O) groups excluding carboxylic acids is 1. The molecular weight excluding hydrogens is 155 g/mol. The van der Waals surface area contributed by atoms with E-state index < -0.39 is 11.5 Å². The molecule has 1 nitrogen and oxygen atoms in total. The molecule has 0 aliphatic heterocycles. The Bertz CT molecular complexity index is 277. The summed E-state index contributed by atoms with van der Waals surface area (Å²) in [6.45, 7) is 2.54. The van der Waals surface area contributed by atoms with E-state index in [1.165, 1.54) is 13.8 Å². The van der Waals surface area contributed by atoms with Gasteiger partial charge in [0, 0.05) is 0 Å². The molecule has 0 aliphatic rings. The minimum atomic E-state index is -1.85. The molecule has 2 heteroatoms. The Kier molecular flexibility index (Phi) is 2.27. The fourth-order valence-electron chi connectivity index (χ4n) is 0.954. The van der Waals surface area contributed by atoms with Crippen LogP contribution in [0.25, 0.3) is 0 Å². The highest BCUT2D eigenvalue weighted by Crippen LogP contribution is 2.25. The molecule has 0 saturated carbocycles. The van der Waals surface area contributed by atoms with Gasteiger partial charge >= 0.3 is 0 Å². The number of hydrogen-bond donors (Lipinski definition) is 0. The minimum absolute atomic E-state index is 0.414. The Morgan fingerprint density at radius 3 is 2.25 bits per heavy atom. The first-order chi connectivity index (χ1) is 5.55. The number of ketones is 1. The Balaban J connectivity index is 3.06. The number of hydrogen-bond acceptors (Lipinski definition) is 1. The molecule has 0 saturated heterocycles. The number of alkyl halides is 1. The topological polar surface area (TPSA) is 17.1 Å². The summed E-state index contributed by atoms with van der Waals surface area (Å²) in [6, 6.07) is 8.45. The molecule has 1 atom stereocenters. The summed E-state index contributed by atoms with van der Waals surface area (Å²) in [4.78, 5) is 10.9. The van der Waals surface area contributed by atoms with Gasteiger partial charge in [0.2, 0.25) is 0 Å². The van der Waals surface area contributed by atoms with E-state index in [1.54, 1.807) is 30.3 Å². The van der Waals surface area contributed by atoms with Gasteiger partial charge in [0.25, 0.3) is 0 Å². The van der Waals surface area contributed by atoms with Crippen LogP contribution in [0.2, 0.25) is 0 Å². The molecule has 0 bridgehead atoms. The van der Waals surface area contributed by atoms with Crippen molar-refractivity contribution in [3.63, 3.8) is 0 Å². The lowest BCUT2D eigenvalue weighted by Gasteiger charge is -2.16. The zero-order chi connectivity index (χ0) is 9.19. The first kappa shape index (κ1) is 8.91. The molecule has 0 N–H and O–H groups in total. The molecule has 0 aliphatic carbocycles. The van der Waals surface area contributed by atoms with Gasteiger partial charge in [-0.3, -0.25) is 4.79 Å². The van der Waals surface area contributed by atoms with E-state index in [2.05, 4.69) is 0 Å². The normalized spacial score (nSPS) is 15.2. The third-order valence-electron chi connectivity index (χ3n) is 1.98. The van der Waals surface area contributed by atoms with Crippen molar-refractivity contribution in [3.05, 3.63) is 35.9 Å². The monoisotopic (exact) mass is 166 g/mol. The van der Waals surface area contributed by atoms with Gasteiger partial charge in [0.1, 0.15) is 0 Å². The number of Topliss-reactive ketones (excluding diaryl/α,β-unsaturated/α-hetero) is 1. The number of rotatable bonds is 2. The molecule has 0 unspecified atom stereocenters. The fourth-order valence-corrected chi connectivity index (χ4v) is 0.954. The third kappa shape index (κ3) is 1.52. The van der Waals surface area contributed by atoms with Crippen molar-refractivity contribution in [2.45, 2.75) is 19.5 Å². The molecule has 1 rings (SSSR count). The van der Waals surface area contributed by atoms with Crippen molar-refractivity contribution in [1.82, 2.24) is 0 Å². The number of halogens is 1. The van der Waals surface area contributed by atoms with Crippen molar-refractivity contribution in [2.24, 2.45) is 0 Å². The first-order valence-corrected chi connectivity index (χ1v) is 3.80. The molecule has 0 fully saturated rings. The average molecular weight is 166 g/mol. The van der Waals surface area contributed by atoms with E-state index in [1.807, 2.05) is 0 Å². The van der Waals surface area contributed by atoms with E-state index >= 15 is 0 Å². The van der Waals surface area contributed by atoms with Crippen LogP contribution in [0.5, 0.6) is 0 Å². The Labute approximate surface area is 71.2 Å². The summed E-state index contributed by atoms with van der Waals surface area (Å²) in [7, 11) is 0. The second-order valence-electron chi connectivity index (χ2n) is 2.93. The van der Waals surface area contributed by atoms with Crippen molar-refractivity contribution < 1.29 is 9.18 Å². The smallest absolute Gasteiger partial charge is 0.190 e. The van der Waals surface area contributed by atoms with Gasteiger partial charge in [-0.25, -0.2) is 4.39 Å². The summed E-state index contributed by atoms with van der Waals surface area (Å²) in [6.07, 6.45) is 0. The molecule has 1 aromatic carbocycles. The molecule has 12 heavy (non-hydrogen) atoms. The first-order valence-electron chi connectivity index (χ1n) is 3.80. The highest BCUT2D eigenvalue weighted by Gasteiger charge is 2.30. The molecule has 0 amide bonds. The van der Waals surface area contributed by atoms with Crippen LogP contribution in [0.4, 0.5) is 4.39 Å². The summed E-state index contributed by atoms with van der Waals surface area (Å²) in [5, 5.41) is 0. The van der Waals surface area contributed by atoms with Crippen LogP contribution in [0.15, 0.2) is 30.3 Å². The number of benzene rings is 1. The zero-order valence-electron chi connectivity index (χ0n) is 7.17. The zero-order valence-corrected chi connectivity index (χ0v) is 7.17. The van der Waals surface area contributed by atoms with Crippen LogP contribution in [-0.4, -0.2) is 5.78 Å². The molecule has 64 valence electrons. The Morgan fingerprint density at radius 2 is 1.83 bits per heavy atom. The van der Waals surface area contributed by atoms with Crippen LogP contribution >= 0.6 is 0 Å². The van der Waals surface area contributed by atoms with Gasteiger partial charge in [-0.1, -0.05) is 30.3 Å². The molecular formula is C10H11FO. The second-order valence-corrected chi connectivity index (χ2v) is 2.93. The fraction of sp³-hybridized carbons (Fsp3) is 0.300. The highest BCUT2D eigenvalue weighted by molar-refractivity contribution is 5.85. The van der Waals surface area contributed by atoms with Crippen LogP contribution in [0.3, 0.4) is 0 Å². The van der Waals surface area contributed by atoms with Crippen LogP contribution in [-0.2, 0) is 10.5 Å². The molecule has 1 aromatic rings. The standard InChI is InChI=1S/C10H11FO/c1-8(12)10(2,11)9-6-4-3-5-7-9/h3-7H,1-2H3/t10-/m0/s1. The maximum Gasteiger partial charge on any atom is 0.190 e. The lowest BCUT2D eigenvalue weighted by molar-refractivity contribution is -0.127. The summed E-state index contributed by atoms with van der Waals surface area (Å²) < 4.78 is 13.6. The predicted molar refractivity (Wildman–Crippen MR) is 45.6 cm³/mol. The Hall–Kier alpha value is -1.18. The summed E-state index contributed by atoms with van der Waals surface area (Å²) >= 11 is 0. The van der Waals surface area contributed by atoms with Crippen molar-refractivity contribution >= 4 is 5.78 Å². The van der Waals surface area contributed by atoms with Gasteiger partial charge in [0.15, 0.2) is 11.5 Å². The predicted octanol–water partition coefficient (Wildman–Crippen LogP) is 2.46. The largest absolute Gasteiger partial charge is 0.296 e. The van der Waals surface area contributed by atoms with Crippen molar-refractivity contribution in [2.75, 3.05) is 0 Å². The molecule has 0 heterocycles. The van der Waals surface area contributed by atoms with Crippen molar-refractivity contribution in [1.29, 1.82) is 0 Å². The number of carbonyl (C=O) groups is 1. The molecule has 0 spiro atoms. The van der Waals surface area contributed by atoms with Gasteiger partial charge < -0.3 is 0 Å². The van der Waals surface area contributed by atoms with Crippen LogP contribution in [0.1, 0.15) is 19.4 Å². The van der Waals surface area contributed by atoms with Gasteiger partial charge in [-0.2, -0.15) is 0 Å². The second kappa shape index (κ2) is 3.05. The van der Waals surface area contributed by atoms with E-state index in [0.717, 1.165) is 0 Å². The lowest BCUT2D eigenvalue weighted by Crippen LogP contribution is -2.24. The lowest BCUT2D eigenvalue weighted by atomic mass is 9.94. The summed E-state index contributed by atoms with van der Waals surface area (Å²) in [5.74, 6) is -0.464. The van der Waals surface area contributed by atoms with Gasteiger partial charge in [0.05, 0.1) is 0 Å². The third-order valence-corrected chi connectivity index (χ3v) is 1.98. The van der Waals surface area contributed by atoms with Crippen LogP contribution < -0.4 is 0 Å².